The van der Waals surface area contributed by atoms with E-state index in [1.54, 1.807) is 6.07 Å². The molecular weight excluding hydrogens is 298 g/mol. The Balaban J connectivity index is 2.13. The minimum absolute atomic E-state index is 0.0449. The lowest BCUT2D eigenvalue weighted by atomic mass is 9.63. The van der Waals surface area contributed by atoms with E-state index in [-0.39, 0.29) is 16.6 Å². The first-order valence-electron chi connectivity index (χ1n) is 8.42. The molecule has 0 atom stereocenters. The Morgan fingerprint density at radius 1 is 0.958 bits per heavy atom. The Bertz CT molecular complexity index is 844. The van der Waals surface area contributed by atoms with Crippen LogP contribution in [0, 0.1) is 5.41 Å². The summed E-state index contributed by atoms with van der Waals surface area (Å²) in [5.41, 5.74) is 3.50. The topological polar surface area (TPSA) is 50.9 Å². The van der Waals surface area contributed by atoms with Crippen molar-refractivity contribution in [3.05, 3.63) is 48.0 Å². The van der Waals surface area contributed by atoms with Gasteiger partial charge in [0.15, 0.2) is 0 Å². The molecular formula is C20H25N3O. The minimum atomic E-state index is -0.0449. The van der Waals surface area contributed by atoms with Gasteiger partial charge in [0.2, 0.25) is 0 Å². The van der Waals surface area contributed by atoms with Gasteiger partial charge in [-0.05, 0) is 40.7 Å². The van der Waals surface area contributed by atoms with Crippen molar-refractivity contribution in [2.24, 2.45) is 5.41 Å². The molecule has 0 aliphatic rings. The molecule has 4 nitrogen and oxygen atoms in total. The highest BCUT2D eigenvalue weighted by Gasteiger charge is 2.37. The summed E-state index contributed by atoms with van der Waals surface area (Å²) in [6.07, 6.45) is 1.07. The lowest BCUT2D eigenvalue weighted by molar-refractivity contribution is 0.189. The Kier molecular flexibility index (Phi) is 3.86. The molecule has 0 bridgehead atoms. The average Bonchev–Trinajstić information content (AvgIpc) is 2.98. The number of benzene rings is 2. The van der Waals surface area contributed by atoms with Gasteiger partial charge in [0.1, 0.15) is 22.5 Å². The van der Waals surface area contributed by atoms with Crippen molar-refractivity contribution in [1.82, 2.24) is 15.0 Å². The first-order chi connectivity index (χ1) is 11.3. The second kappa shape index (κ2) is 5.62. The SMILES string of the molecule is CCC(C)(C)C(C)(C)c1ccc(O)c(-n2nc3ccccc3n2)c1. The maximum atomic E-state index is 10.3. The maximum absolute atomic E-state index is 10.3. The molecule has 2 aromatic carbocycles. The lowest BCUT2D eigenvalue weighted by Crippen LogP contribution is -2.36. The molecule has 0 aliphatic carbocycles. The normalized spacial score (nSPS) is 12.7. The van der Waals surface area contributed by atoms with Crippen LogP contribution >= 0.6 is 0 Å². The molecule has 0 amide bonds. The fourth-order valence-electron chi connectivity index (χ4n) is 2.87. The van der Waals surface area contributed by atoms with Crippen LogP contribution in [-0.4, -0.2) is 20.1 Å². The fourth-order valence-corrected chi connectivity index (χ4v) is 2.87. The quantitative estimate of drug-likeness (QED) is 0.747. The van der Waals surface area contributed by atoms with Crippen molar-refractivity contribution in [3.63, 3.8) is 0 Å². The van der Waals surface area contributed by atoms with E-state index in [4.69, 9.17) is 0 Å². The highest BCUT2D eigenvalue weighted by molar-refractivity contribution is 5.73. The van der Waals surface area contributed by atoms with Gasteiger partial charge >= 0.3 is 0 Å². The van der Waals surface area contributed by atoms with Crippen molar-refractivity contribution < 1.29 is 5.11 Å². The highest BCUT2D eigenvalue weighted by atomic mass is 16.3. The molecule has 0 radical (unpaired) electrons. The van der Waals surface area contributed by atoms with Gasteiger partial charge in [0.05, 0.1) is 0 Å². The smallest absolute Gasteiger partial charge is 0.143 e. The minimum Gasteiger partial charge on any atom is -0.506 e. The summed E-state index contributed by atoms with van der Waals surface area (Å²) in [6.45, 7) is 11.3. The molecule has 0 aliphatic heterocycles. The number of aromatic nitrogens is 3. The third kappa shape index (κ3) is 2.56. The Morgan fingerprint density at radius 2 is 1.54 bits per heavy atom. The van der Waals surface area contributed by atoms with Crippen molar-refractivity contribution in [3.8, 4) is 11.4 Å². The van der Waals surface area contributed by atoms with E-state index in [9.17, 15) is 5.11 Å². The summed E-state index contributed by atoms with van der Waals surface area (Å²) >= 11 is 0. The van der Waals surface area contributed by atoms with E-state index in [2.05, 4.69) is 44.8 Å². The average molecular weight is 323 g/mol. The van der Waals surface area contributed by atoms with Gasteiger partial charge in [0.25, 0.3) is 0 Å². The van der Waals surface area contributed by atoms with Gasteiger partial charge in [0, 0.05) is 0 Å². The molecule has 1 N–H and O–H groups in total. The standard InChI is InChI=1S/C20H25N3O/c1-6-19(2,3)20(4,5)14-11-12-18(24)17(13-14)23-21-15-9-7-8-10-16(15)22-23/h7-13,24H,6H2,1-5H3. The third-order valence-corrected chi connectivity index (χ3v) is 5.78. The van der Waals surface area contributed by atoms with Gasteiger partial charge in [-0.15, -0.1) is 15.0 Å². The predicted molar refractivity (Wildman–Crippen MR) is 97.6 cm³/mol. The van der Waals surface area contributed by atoms with Crippen LogP contribution in [0.2, 0.25) is 0 Å². The van der Waals surface area contributed by atoms with Crippen molar-refractivity contribution in [2.75, 3.05) is 0 Å². The van der Waals surface area contributed by atoms with E-state index in [1.165, 1.54) is 10.4 Å². The van der Waals surface area contributed by atoms with Crippen molar-refractivity contribution in [1.29, 1.82) is 0 Å². The zero-order valence-corrected chi connectivity index (χ0v) is 15.0. The van der Waals surface area contributed by atoms with E-state index in [0.717, 1.165) is 17.5 Å². The number of phenols is 1. The van der Waals surface area contributed by atoms with Crippen molar-refractivity contribution in [2.45, 2.75) is 46.5 Å². The van der Waals surface area contributed by atoms with E-state index in [1.807, 2.05) is 36.4 Å². The molecule has 0 saturated heterocycles. The first kappa shape index (κ1) is 16.5. The number of fused-ring (bicyclic) bond motifs is 1. The molecule has 3 aromatic rings. The summed E-state index contributed by atoms with van der Waals surface area (Å²) < 4.78 is 0. The van der Waals surface area contributed by atoms with Crippen LogP contribution in [0.1, 0.15) is 46.6 Å². The lowest BCUT2D eigenvalue weighted by Gasteiger charge is -2.42. The highest BCUT2D eigenvalue weighted by Crippen LogP contribution is 2.44. The molecule has 4 heteroatoms. The number of rotatable bonds is 4. The molecule has 3 rings (SSSR count). The maximum Gasteiger partial charge on any atom is 0.143 e. The van der Waals surface area contributed by atoms with Crippen LogP contribution in [0.5, 0.6) is 5.75 Å². The van der Waals surface area contributed by atoms with Crippen molar-refractivity contribution >= 4 is 11.0 Å². The van der Waals surface area contributed by atoms with Crippen LogP contribution in [-0.2, 0) is 5.41 Å². The monoisotopic (exact) mass is 323 g/mol. The van der Waals surface area contributed by atoms with Crippen LogP contribution < -0.4 is 0 Å². The zero-order valence-electron chi connectivity index (χ0n) is 15.0. The number of phenolic OH excluding ortho intramolecular Hbond substituents is 1. The molecule has 24 heavy (non-hydrogen) atoms. The number of nitrogens with zero attached hydrogens (tertiary/aromatic N) is 3. The van der Waals surface area contributed by atoms with Crippen LogP contribution in [0.3, 0.4) is 0 Å². The number of hydrogen-bond donors (Lipinski definition) is 1. The molecule has 0 fully saturated rings. The van der Waals surface area contributed by atoms with Gasteiger partial charge in [-0.2, -0.15) is 0 Å². The Morgan fingerprint density at radius 3 is 2.08 bits per heavy atom. The second-order valence-corrected chi connectivity index (χ2v) is 7.54. The largest absolute Gasteiger partial charge is 0.506 e. The van der Waals surface area contributed by atoms with E-state index >= 15 is 0 Å². The Hall–Kier alpha value is -2.36. The summed E-state index contributed by atoms with van der Waals surface area (Å²) in [6, 6.07) is 13.5. The van der Waals surface area contributed by atoms with Gasteiger partial charge in [-0.1, -0.05) is 59.2 Å². The summed E-state index contributed by atoms with van der Waals surface area (Å²) in [5.74, 6) is 0.184. The summed E-state index contributed by atoms with van der Waals surface area (Å²) in [4.78, 5) is 1.53. The first-order valence-corrected chi connectivity index (χ1v) is 8.42. The van der Waals surface area contributed by atoms with Gasteiger partial charge in [-0.25, -0.2) is 0 Å². The molecule has 0 saturated carbocycles. The molecule has 0 spiro atoms. The predicted octanol–water partition coefficient (Wildman–Crippen LogP) is 4.84. The molecule has 1 aromatic heterocycles. The summed E-state index contributed by atoms with van der Waals surface area (Å²) in [7, 11) is 0. The Labute approximate surface area is 143 Å². The van der Waals surface area contributed by atoms with E-state index < -0.39 is 0 Å². The van der Waals surface area contributed by atoms with Crippen LogP contribution in [0.15, 0.2) is 42.5 Å². The molecule has 0 unspecified atom stereocenters. The molecule has 1 heterocycles. The zero-order chi connectivity index (χ0) is 17.5. The van der Waals surface area contributed by atoms with Gasteiger partial charge in [-0.3, -0.25) is 0 Å². The molecule has 126 valence electrons. The second-order valence-electron chi connectivity index (χ2n) is 7.54. The third-order valence-electron chi connectivity index (χ3n) is 5.78. The fraction of sp³-hybridized carbons (Fsp3) is 0.400. The van der Waals surface area contributed by atoms with E-state index in [0.29, 0.717) is 5.69 Å². The van der Waals surface area contributed by atoms with Crippen LogP contribution in [0.4, 0.5) is 0 Å². The van der Waals surface area contributed by atoms with Crippen LogP contribution in [0.25, 0.3) is 16.7 Å². The number of aromatic hydroxyl groups is 1. The summed E-state index contributed by atoms with van der Waals surface area (Å²) in [5, 5.41) is 19.3. The van der Waals surface area contributed by atoms with Gasteiger partial charge < -0.3 is 5.11 Å². The number of hydrogen-bond acceptors (Lipinski definition) is 3.